The Morgan fingerprint density at radius 1 is 1.14 bits per heavy atom. The van der Waals surface area contributed by atoms with E-state index < -0.39 is 5.97 Å². The average molecular weight is 457 g/mol. The molecule has 6 nitrogen and oxygen atoms in total. The third-order valence-corrected chi connectivity index (χ3v) is 5.54. The average Bonchev–Trinajstić information content (AvgIpc) is 2.70. The highest BCUT2D eigenvalue weighted by molar-refractivity contribution is 9.10. The SMILES string of the molecule is CCOC(=O)c1ccccc1NC(=O)Cn1c(C)c(Br)c(=O)c2cc(C)ccc21. The van der Waals surface area contributed by atoms with E-state index in [1.54, 1.807) is 42.7 Å². The number of nitrogens with zero attached hydrogens (tertiary/aromatic N) is 1. The summed E-state index contributed by atoms with van der Waals surface area (Å²) in [6.45, 7) is 5.65. The number of carbonyl (C=O) groups is 2. The zero-order chi connectivity index (χ0) is 21.1. The predicted molar refractivity (Wildman–Crippen MR) is 116 cm³/mol. The summed E-state index contributed by atoms with van der Waals surface area (Å²) in [5.74, 6) is -0.811. The summed E-state index contributed by atoms with van der Waals surface area (Å²) in [7, 11) is 0. The maximum atomic E-state index is 12.8. The lowest BCUT2D eigenvalue weighted by atomic mass is 10.1. The summed E-state index contributed by atoms with van der Waals surface area (Å²) in [5, 5.41) is 3.33. The molecule has 3 aromatic rings. The van der Waals surface area contributed by atoms with Crippen LogP contribution in [0.3, 0.4) is 0 Å². The first kappa shape index (κ1) is 20.8. The van der Waals surface area contributed by atoms with Gasteiger partial charge in [0.25, 0.3) is 0 Å². The van der Waals surface area contributed by atoms with Gasteiger partial charge in [0.1, 0.15) is 6.54 Å². The lowest BCUT2D eigenvalue weighted by molar-refractivity contribution is -0.116. The van der Waals surface area contributed by atoms with Gasteiger partial charge in [-0.3, -0.25) is 9.59 Å². The number of anilines is 1. The number of aryl methyl sites for hydroxylation is 1. The Balaban J connectivity index is 1.96. The van der Waals surface area contributed by atoms with Crippen LogP contribution in [0.2, 0.25) is 0 Å². The van der Waals surface area contributed by atoms with Crippen LogP contribution in [0.5, 0.6) is 0 Å². The highest BCUT2D eigenvalue weighted by atomic mass is 79.9. The number of hydrogen-bond donors (Lipinski definition) is 1. The number of pyridine rings is 1. The zero-order valence-corrected chi connectivity index (χ0v) is 18.0. The minimum atomic E-state index is -0.494. The molecule has 0 aliphatic carbocycles. The fourth-order valence-electron chi connectivity index (χ4n) is 3.16. The molecule has 1 N–H and O–H groups in total. The molecule has 2 aromatic carbocycles. The number of rotatable bonds is 5. The molecule has 3 rings (SSSR count). The lowest BCUT2D eigenvalue weighted by Gasteiger charge is -2.17. The first-order chi connectivity index (χ1) is 13.8. The number of benzene rings is 2. The molecule has 1 heterocycles. The molecule has 0 saturated carbocycles. The molecule has 0 aliphatic heterocycles. The fraction of sp³-hybridized carbons (Fsp3) is 0.227. The molecular weight excluding hydrogens is 436 g/mol. The van der Waals surface area contributed by atoms with Gasteiger partial charge in [-0.2, -0.15) is 0 Å². The summed E-state index contributed by atoms with van der Waals surface area (Å²) >= 11 is 3.35. The minimum absolute atomic E-state index is 0.0125. The standard InChI is InChI=1S/C22H21BrN2O4/c1-4-29-22(28)15-7-5-6-8-17(15)24-19(26)12-25-14(3)20(23)21(27)16-11-13(2)9-10-18(16)25/h5-11H,4,12H2,1-3H3,(H,24,26). The van der Waals surface area contributed by atoms with Crippen molar-refractivity contribution >= 4 is 44.4 Å². The highest BCUT2D eigenvalue weighted by Gasteiger charge is 2.17. The topological polar surface area (TPSA) is 77.4 Å². The number of aromatic nitrogens is 1. The summed E-state index contributed by atoms with van der Waals surface area (Å²) in [6, 6.07) is 12.3. The van der Waals surface area contributed by atoms with E-state index in [2.05, 4.69) is 21.2 Å². The zero-order valence-electron chi connectivity index (χ0n) is 16.4. The number of halogens is 1. The second-order valence-corrected chi connectivity index (χ2v) is 7.44. The highest BCUT2D eigenvalue weighted by Crippen LogP contribution is 2.22. The number of esters is 1. The van der Waals surface area contributed by atoms with E-state index in [1.807, 2.05) is 25.1 Å². The molecule has 0 saturated heterocycles. The summed E-state index contributed by atoms with van der Waals surface area (Å²) in [5.41, 5.74) is 2.86. The van der Waals surface area contributed by atoms with Gasteiger partial charge < -0.3 is 14.6 Å². The number of para-hydroxylation sites is 1. The molecule has 0 unspecified atom stereocenters. The molecule has 0 fully saturated rings. The van der Waals surface area contributed by atoms with E-state index in [-0.39, 0.29) is 24.5 Å². The van der Waals surface area contributed by atoms with Crippen molar-refractivity contribution in [2.45, 2.75) is 27.3 Å². The Hall–Kier alpha value is -2.93. The van der Waals surface area contributed by atoms with Crippen molar-refractivity contribution in [3.63, 3.8) is 0 Å². The van der Waals surface area contributed by atoms with Crippen LogP contribution in [0.4, 0.5) is 5.69 Å². The molecule has 0 aliphatic rings. The Kier molecular flexibility index (Phi) is 6.17. The molecule has 0 bridgehead atoms. The van der Waals surface area contributed by atoms with Gasteiger partial charge in [-0.15, -0.1) is 0 Å². The molecule has 0 spiro atoms. The van der Waals surface area contributed by atoms with E-state index in [4.69, 9.17) is 4.74 Å². The predicted octanol–water partition coefficient (Wildman–Crippen LogP) is 4.20. The van der Waals surface area contributed by atoms with E-state index in [1.165, 1.54) is 0 Å². The fourth-order valence-corrected chi connectivity index (χ4v) is 3.59. The van der Waals surface area contributed by atoms with Gasteiger partial charge in [-0.1, -0.05) is 23.8 Å². The van der Waals surface area contributed by atoms with Crippen molar-refractivity contribution in [1.82, 2.24) is 4.57 Å². The normalized spacial score (nSPS) is 10.8. The van der Waals surface area contributed by atoms with Crippen LogP contribution in [0.25, 0.3) is 10.9 Å². The van der Waals surface area contributed by atoms with Crippen LogP contribution in [-0.4, -0.2) is 23.1 Å². The number of fused-ring (bicyclic) bond motifs is 1. The second kappa shape index (κ2) is 8.61. The number of carbonyl (C=O) groups excluding carboxylic acids is 2. The van der Waals surface area contributed by atoms with E-state index in [0.29, 0.717) is 32.3 Å². The smallest absolute Gasteiger partial charge is 0.340 e. The summed E-state index contributed by atoms with van der Waals surface area (Å²) in [6.07, 6.45) is 0. The Labute approximate surface area is 176 Å². The number of nitrogens with one attached hydrogen (secondary N) is 1. The van der Waals surface area contributed by atoms with Crippen LogP contribution in [0.1, 0.15) is 28.5 Å². The van der Waals surface area contributed by atoms with Gasteiger partial charge in [0.2, 0.25) is 11.3 Å². The van der Waals surface area contributed by atoms with Gasteiger partial charge in [0, 0.05) is 11.1 Å². The van der Waals surface area contributed by atoms with Crippen molar-refractivity contribution in [3.8, 4) is 0 Å². The quantitative estimate of drug-likeness (QED) is 0.583. The molecule has 0 atom stereocenters. The second-order valence-electron chi connectivity index (χ2n) is 6.65. The molecule has 1 aromatic heterocycles. The maximum absolute atomic E-state index is 12.8. The van der Waals surface area contributed by atoms with Gasteiger partial charge in [0.15, 0.2) is 0 Å². The number of amides is 1. The van der Waals surface area contributed by atoms with Crippen molar-refractivity contribution in [2.24, 2.45) is 0 Å². The first-order valence-corrected chi connectivity index (χ1v) is 9.98. The Morgan fingerprint density at radius 2 is 1.86 bits per heavy atom. The minimum Gasteiger partial charge on any atom is -0.462 e. The van der Waals surface area contributed by atoms with Gasteiger partial charge in [-0.25, -0.2) is 4.79 Å². The molecular formula is C22H21BrN2O4. The lowest BCUT2D eigenvalue weighted by Crippen LogP contribution is -2.24. The van der Waals surface area contributed by atoms with Crippen LogP contribution < -0.4 is 10.7 Å². The van der Waals surface area contributed by atoms with E-state index in [0.717, 1.165) is 5.56 Å². The van der Waals surface area contributed by atoms with Gasteiger partial charge in [-0.05, 0) is 61.0 Å². The maximum Gasteiger partial charge on any atom is 0.340 e. The third-order valence-electron chi connectivity index (χ3n) is 4.61. The van der Waals surface area contributed by atoms with Crippen LogP contribution in [0.15, 0.2) is 51.7 Å². The molecule has 29 heavy (non-hydrogen) atoms. The Bertz CT molecular complexity index is 1170. The van der Waals surface area contributed by atoms with Crippen molar-refractivity contribution < 1.29 is 14.3 Å². The van der Waals surface area contributed by atoms with Gasteiger partial charge >= 0.3 is 5.97 Å². The number of ether oxygens (including phenoxy) is 1. The number of hydrogen-bond acceptors (Lipinski definition) is 4. The first-order valence-electron chi connectivity index (χ1n) is 9.18. The summed E-state index contributed by atoms with van der Waals surface area (Å²) in [4.78, 5) is 37.5. The third kappa shape index (κ3) is 4.24. The van der Waals surface area contributed by atoms with Crippen molar-refractivity contribution in [3.05, 3.63) is 74.0 Å². The van der Waals surface area contributed by atoms with Crippen LogP contribution in [0, 0.1) is 13.8 Å². The molecule has 1 amide bonds. The van der Waals surface area contributed by atoms with E-state index >= 15 is 0 Å². The molecule has 0 radical (unpaired) electrons. The van der Waals surface area contributed by atoms with Crippen LogP contribution >= 0.6 is 15.9 Å². The summed E-state index contributed by atoms with van der Waals surface area (Å²) < 4.78 is 7.26. The largest absolute Gasteiger partial charge is 0.462 e. The van der Waals surface area contributed by atoms with Gasteiger partial charge in [0.05, 0.1) is 27.8 Å². The monoisotopic (exact) mass is 456 g/mol. The van der Waals surface area contributed by atoms with Crippen molar-refractivity contribution in [2.75, 3.05) is 11.9 Å². The van der Waals surface area contributed by atoms with Crippen LogP contribution in [-0.2, 0) is 16.1 Å². The van der Waals surface area contributed by atoms with E-state index in [9.17, 15) is 14.4 Å². The molecule has 150 valence electrons. The Morgan fingerprint density at radius 3 is 2.59 bits per heavy atom. The molecule has 7 heteroatoms. The van der Waals surface area contributed by atoms with Crippen molar-refractivity contribution in [1.29, 1.82) is 0 Å².